The zero-order valence-corrected chi connectivity index (χ0v) is 13.1. The SMILES string of the molecule is CCC(=O)Nc1cc2nn(-c3ccc(C)cc3)nc2cc1Cl. The lowest BCUT2D eigenvalue weighted by molar-refractivity contribution is -0.115. The van der Waals surface area contributed by atoms with Gasteiger partial charge in [-0.2, -0.15) is 4.80 Å². The summed E-state index contributed by atoms with van der Waals surface area (Å²) in [6, 6.07) is 11.4. The van der Waals surface area contributed by atoms with Gasteiger partial charge in [0, 0.05) is 6.42 Å². The second kappa shape index (κ2) is 5.77. The number of carbonyl (C=O) groups is 1. The Morgan fingerprint density at radius 2 is 1.82 bits per heavy atom. The van der Waals surface area contributed by atoms with Crippen molar-refractivity contribution in [3.05, 3.63) is 47.0 Å². The Morgan fingerprint density at radius 3 is 2.45 bits per heavy atom. The summed E-state index contributed by atoms with van der Waals surface area (Å²) >= 11 is 6.19. The molecule has 1 heterocycles. The fraction of sp³-hybridized carbons (Fsp3) is 0.188. The smallest absolute Gasteiger partial charge is 0.224 e. The van der Waals surface area contributed by atoms with E-state index in [9.17, 15) is 4.79 Å². The molecular weight excluding hydrogens is 300 g/mol. The van der Waals surface area contributed by atoms with E-state index in [1.807, 2.05) is 31.2 Å². The first-order valence-corrected chi connectivity index (χ1v) is 7.38. The molecule has 0 radical (unpaired) electrons. The molecule has 1 N–H and O–H groups in total. The number of hydrogen-bond acceptors (Lipinski definition) is 3. The molecule has 2 aromatic carbocycles. The van der Waals surface area contributed by atoms with Gasteiger partial charge in [0.1, 0.15) is 11.0 Å². The molecular formula is C16H15ClN4O. The van der Waals surface area contributed by atoms with Gasteiger partial charge in [-0.3, -0.25) is 4.79 Å². The number of nitrogens with one attached hydrogen (secondary N) is 1. The quantitative estimate of drug-likeness (QED) is 0.801. The van der Waals surface area contributed by atoms with Gasteiger partial charge in [0.15, 0.2) is 0 Å². The maximum atomic E-state index is 11.5. The fourth-order valence-electron chi connectivity index (χ4n) is 2.07. The molecule has 5 nitrogen and oxygen atoms in total. The number of hydrogen-bond donors (Lipinski definition) is 1. The summed E-state index contributed by atoms with van der Waals surface area (Å²) in [7, 11) is 0. The third kappa shape index (κ3) is 2.80. The monoisotopic (exact) mass is 314 g/mol. The Balaban J connectivity index is 2.02. The summed E-state index contributed by atoms with van der Waals surface area (Å²) in [5.41, 5.74) is 3.96. The van der Waals surface area contributed by atoms with Crippen molar-refractivity contribution in [2.75, 3.05) is 5.32 Å². The number of aryl methyl sites for hydroxylation is 1. The Labute approximate surface area is 132 Å². The van der Waals surface area contributed by atoms with Gasteiger partial charge in [0.2, 0.25) is 5.91 Å². The van der Waals surface area contributed by atoms with E-state index < -0.39 is 0 Å². The lowest BCUT2D eigenvalue weighted by Gasteiger charge is -2.04. The average molecular weight is 315 g/mol. The molecule has 112 valence electrons. The minimum atomic E-state index is -0.0906. The Morgan fingerprint density at radius 1 is 1.18 bits per heavy atom. The van der Waals surface area contributed by atoms with Crippen molar-refractivity contribution >= 4 is 34.2 Å². The van der Waals surface area contributed by atoms with E-state index in [0.717, 1.165) is 5.69 Å². The first kappa shape index (κ1) is 14.5. The highest BCUT2D eigenvalue weighted by atomic mass is 35.5. The molecule has 0 aliphatic heterocycles. The number of aromatic nitrogens is 3. The molecule has 0 saturated heterocycles. The molecule has 0 saturated carbocycles. The number of rotatable bonds is 3. The second-order valence-corrected chi connectivity index (χ2v) is 5.45. The standard InChI is InChI=1S/C16H15ClN4O/c1-3-16(22)18-13-9-15-14(8-12(13)17)19-21(20-15)11-6-4-10(2)5-7-11/h4-9H,3H2,1-2H3,(H,18,22). The predicted molar refractivity (Wildman–Crippen MR) is 87.5 cm³/mol. The van der Waals surface area contributed by atoms with Gasteiger partial charge < -0.3 is 5.32 Å². The van der Waals surface area contributed by atoms with Crippen LogP contribution in [0.4, 0.5) is 5.69 Å². The van der Waals surface area contributed by atoms with E-state index in [1.54, 1.807) is 23.9 Å². The van der Waals surface area contributed by atoms with Crippen molar-refractivity contribution in [1.82, 2.24) is 15.0 Å². The summed E-state index contributed by atoms with van der Waals surface area (Å²) in [4.78, 5) is 13.1. The van der Waals surface area contributed by atoms with E-state index in [4.69, 9.17) is 11.6 Å². The summed E-state index contributed by atoms with van der Waals surface area (Å²) in [5, 5.41) is 12.1. The maximum Gasteiger partial charge on any atom is 0.224 e. The molecule has 22 heavy (non-hydrogen) atoms. The molecule has 0 atom stereocenters. The number of amides is 1. The van der Waals surface area contributed by atoms with Crippen LogP contribution < -0.4 is 5.32 Å². The molecule has 0 fully saturated rings. The van der Waals surface area contributed by atoms with Crippen molar-refractivity contribution in [1.29, 1.82) is 0 Å². The van der Waals surface area contributed by atoms with E-state index in [-0.39, 0.29) is 5.91 Å². The molecule has 6 heteroatoms. The van der Waals surface area contributed by atoms with Crippen LogP contribution in [0.1, 0.15) is 18.9 Å². The number of benzene rings is 2. The lowest BCUT2D eigenvalue weighted by atomic mass is 10.2. The van der Waals surface area contributed by atoms with Gasteiger partial charge >= 0.3 is 0 Å². The average Bonchev–Trinajstić information content (AvgIpc) is 2.90. The highest BCUT2D eigenvalue weighted by Crippen LogP contribution is 2.27. The highest BCUT2D eigenvalue weighted by Gasteiger charge is 2.10. The minimum Gasteiger partial charge on any atom is -0.325 e. The van der Waals surface area contributed by atoms with Crippen molar-refractivity contribution in [3.8, 4) is 5.69 Å². The minimum absolute atomic E-state index is 0.0906. The van der Waals surface area contributed by atoms with Crippen LogP contribution in [0.3, 0.4) is 0 Å². The van der Waals surface area contributed by atoms with Crippen LogP contribution in [0.25, 0.3) is 16.7 Å². The number of fused-ring (bicyclic) bond motifs is 1. The summed E-state index contributed by atoms with van der Waals surface area (Å²) < 4.78 is 0. The first-order valence-electron chi connectivity index (χ1n) is 7.00. The summed E-state index contributed by atoms with van der Waals surface area (Å²) in [6.07, 6.45) is 0.393. The molecule has 0 aliphatic rings. The van der Waals surface area contributed by atoms with Gasteiger partial charge in [-0.25, -0.2) is 0 Å². The van der Waals surface area contributed by atoms with Crippen LogP contribution in [-0.4, -0.2) is 20.9 Å². The summed E-state index contributed by atoms with van der Waals surface area (Å²) in [5.74, 6) is -0.0906. The summed E-state index contributed by atoms with van der Waals surface area (Å²) in [6.45, 7) is 3.81. The van der Waals surface area contributed by atoms with Crippen molar-refractivity contribution in [3.63, 3.8) is 0 Å². The number of carbonyl (C=O) groups excluding carboxylic acids is 1. The van der Waals surface area contributed by atoms with Crippen LogP contribution in [0.2, 0.25) is 5.02 Å². The Bertz CT molecular complexity index is 839. The van der Waals surface area contributed by atoms with E-state index >= 15 is 0 Å². The molecule has 3 rings (SSSR count). The van der Waals surface area contributed by atoms with Gasteiger partial charge in [0.25, 0.3) is 0 Å². The maximum absolute atomic E-state index is 11.5. The molecule has 0 unspecified atom stereocenters. The van der Waals surface area contributed by atoms with E-state index in [1.165, 1.54) is 5.56 Å². The van der Waals surface area contributed by atoms with Crippen LogP contribution >= 0.6 is 11.6 Å². The second-order valence-electron chi connectivity index (χ2n) is 5.05. The normalized spacial score (nSPS) is 10.9. The van der Waals surface area contributed by atoms with E-state index in [0.29, 0.717) is 28.2 Å². The third-order valence-electron chi connectivity index (χ3n) is 3.33. The first-order chi connectivity index (χ1) is 10.6. The molecule has 0 spiro atoms. The zero-order valence-electron chi connectivity index (χ0n) is 12.3. The Kier molecular flexibility index (Phi) is 3.81. The van der Waals surface area contributed by atoms with Crippen LogP contribution in [0, 0.1) is 6.92 Å². The number of halogens is 1. The lowest BCUT2D eigenvalue weighted by Crippen LogP contribution is -2.09. The number of nitrogens with zero attached hydrogens (tertiary/aromatic N) is 3. The number of anilines is 1. The van der Waals surface area contributed by atoms with Crippen molar-refractivity contribution in [2.24, 2.45) is 0 Å². The third-order valence-corrected chi connectivity index (χ3v) is 3.64. The van der Waals surface area contributed by atoms with Crippen LogP contribution in [-0.2, 0) is 4.79 Å². The molecule has 3 aromatic rings. The molecule has 0 bridgehead atoms. The van der Waals surface area contributed by atoms with Gasteiger partial charge in [-0.05, 0) is 31.2 Å². The predicted octanol–water partition coefficient (Wildman–Crippen LogP) is 3.73. The van der Waals surface area contributed by atoms with Crippen molar-refractivity contribution in [2.45, 2.75) is 20.3 Å². The molecule has 0 aliphatic carbocycles. The van der Waals surface area contributed by atoms with E-state index in [2.05, 4.69) is 15.5 Å². The Hall–Kier alpha value is -2.40. The largest absolute Gasteiger partial charge is 0.325 e. The van der Waals surface area contributed by atoms with Gasteiger partial charge in [-0.1, -0.05) is 36.2 Å². The van der Waals surface area contributed by atoms with Crippen LogP contribution in [0.5, 0.6) is 0 Å². The van der Waals surface area contributed by atoms with Gasteiger partial charge in [-0.15, -0.1) is 10.2 Å². The molecule has 1 amide bonds. The molecule has 1 aromatic heterocycles. The van der Waals surface area contributed by atoms with Crippen molar-refractivity contribution < 1.29 is 4.79 Å². The topological polar surface area (TPSA) is 59.8 Å². The highest BCUT2D eigenvalue weighted by molar-refractivity contribution is 6.34. The fourth-order valence-corrected chi connectivity index (χ4v) is 2.27. The van der Waals surface area contributed by atoms with Crippen LogP contribution in [0.15, 0.2) is 36.4 Å². The zero-order chi connectivity index (χ0) is 15.7. The van der Waals surface area contributed by atoms with Gasteiger partial charge in [0.05, 0.1) is 16.4 Å².